The molecule has 0 amide bonds. The molecule has 0 bridgehead atoms. The molecule has 0 aromatic rings. The topological polar surface area (TPSA) is 80.4 Å². The number of rotatable bonds is 4. The van der Waals surface area contributed by atoms with Gasteiger partial charge in [0.1, 0.15) is 12.2 Å². The van der Waals surface area contributed by atoms with Crippen molar-refractivity contribution in [3.05, 3.63) is 0 Å². The van der Waals surface area contributed by atoms with Crippen molar-refractivity contribution in [2.24, 2.45) is 5.73 Å². The van der Waals surface area contributed by atoms with Gasteiger partial charge in [0.2, 0.25) is 0 Å². The summed E-state index contributed by atoms with van der Waals surface area (Å²) >= 11 is 0. The summed E-state index contributed by atoms with van der Waals surface area (Å²) in [5, 5.41) is 8.05. The zero-order chi connectivity index (χ0) is 7.28. The van der Waals surface area contributed by atoms with Gasteiger partial charge in [-0.2, -0.15) is 0 Å². The van der Waals surface area contributed by atoms with Crippen molar-refractivity contribution in [2.75, 3.05) is 6.54 Å². The van der Waals surface area contributed by atoms with E-state index in [1.54, 1.807) is 0 Å². The monoisotopic (exact) mass is 131 g/mol. The summed E-state index contributed by atoms with van der Waals surface area (Å²) in [5.41, 5.74) is 4.99. The minimum Gasteiger partial charge on any atom is -0.481 e. The average Bonchev–Trinajstić information content (AvgIpc) is 1.63. The zero-order valence-corrected chi connectivity index (χ0v) is 4.96. The Morgan fingerprint density at radius 3 is 2.33 bits per heavy atom. The van der Waals surface area contributed by atoms with Crippen molar-refractivity contribution in [3.8, 4) is 0 Å². The Bertz CT molecular complexity index is 121. The molecule has 0 atom stereocenters. The van der Waals surface area contributed by atoms with Gasteiger partial charge in [-0.15, -0.1) is 0 Å². The summed E-state index contributed by atoms with van der Waals surface area (Å²) in [6, 6.07) is 0. The lowest BCUT2D eigenvalue weighted by Crippen LogP contribution is -2.11. The van der Waals surface area contributed by atoms with Crippen molar-refractivity contribution in [1.82, 2.24) is 0 Å². The first kappa shape index (κ1) is 8.10. The van der Waals surface area contributed by atoms with E-state index in [0.717, 1.165) is 0 Å². The van der Waals surface area contributed by atoms with Gasteiger partial charge in [0.15, 0.2) is 0 Å². The largest absolute Gasteiger partial charge is 0.481 e. The molecule has 52 valence electrons. The molecule has 0 aromatic carbocycles. The van der Waals surface area contributed by atoms with Crippen molar-refractivity contribution in [1.29, 1.82) is 0 Å². The van der Waals surface area contributed by atoms with Gasteiger partial charge < -0.3 is 10.8 Å². The fourth-order valence-corrected chi connectivity index (χ4v) is 0.418. The Hall–Kier alpha value is -0.900. The third-order valence-electron chi connectivity index (χ3n) is 0.772. The van der Waals surface area contributed by atoms with Crippen molar-refractivity contribution < 1.29 is 14.7 Å². The van der Waals surface area contributed by atoms with E-state index in [1.807, 2.05) is 0 Å². The van der Waals surface area contributed by atoms with Crippen LogP contribution in [-0.2, 0) is 9.59 Å². The Balaban J connectivity index is 3.39. The lowest BCUT2D eigenvalue weighted by Gasteiger charge is -1.90. The van der Waals surface area contributed by atoms with Crippen LogP contribution in [0.4, 0.5) is 0 Å². The van der Waals surface area contributed by atoms with Crippen LogP contribution < -0.4 is 5.73 Å². The van der Waals surface area contributed by atoms with Crippen LogP contribution in [-0.4, -0.2) is 23.4 Å². The van der Waals surface area contributed by atoms with Gasteiger partial charge in [-0.3, -0.25) is 9.59 Å². The van der Waals surface area contributed by atoms with Crippen LogP contribution in [0.2, 0.25) is 0 Å². The minimum absolute atomic E-state index is 0.159. The maximum absolute atomic E-state index is 10.4. The Labute approximate surface area is 52.7 Å². The van der Waals surface area contributed by atoms with Crippen LogP contribution in [0.1, 0.15) is 12.8 Å². The quantitative estimate of drug-likeness (QED) is 0.498. The minimum atomic E-state index is -1.09. The SMILES string of the molecule is NCCC(=O)CC(=O)O. The molecule has 0 saturated heterocycles. The van der Waals surface area contributed by atoms with Gasteiger partial charge in [0, 0.05) is 6.42 Å². The highest BCUT2D eigenvalue weighted by molar-refractivity contribution is 5.94. The molecule has 0 rings (SSSR count). The van der Waals surface area contributed by atoms with Crippen LogP contribution in [0.3, 0.4) is 0 Å². The molecule has 0 aromatic heterocycles. The van der Waals surface area contributed by atoms with Gasteiger partial charge in [-0.25, -0.2) is 0 Å². The molecule has 0 fully saturated rings. The summed E-state index contributed by atoms with van der Waals surface area (Å²) in [4.78, 5) is 20.2. The second-order valence-electron chi connectivity index (χ2n) is 1.65. The molecule has 0 aliphatic carbocycles. The van der Waals surface area contributed by atoms with Crippen molar-refractivity contribution in [3.63, 3.8) is 0 Å². The molecule has 0 spiro atoms. The first-order valence-electron chi connectivity index (χ1n) is 2.60. The predicted molar refractivity (Wildman–Crippen MR) is 30.9 cm³/mol. The summed E-state index contributed by atoms with van der Waals surface area (Å²) in [6.07, 6.45) is -0.247. The molecule has 0 saturated carbocycles. The molecule has 0 heterocycles. The van der Waals surface area contributed by atoms with E-state index < -0.39 is 12.4 Å². The number of aliphatic carboxylic acids is 1. The van der Waals surface area contributed by atoms with Gasteiger partial charge in [0.25, 0.3) is 0 Å². The molecule has 4 heteroatoms. The van der Waals surface area contributed by atoms with Crippen LogP contribution in [0.5, 0.6) is 0 Å². The average molecular weight is 131 g/mol. The van der Waals surface area contributed by atoms with Gasteiger partial charge in [0.05, 0.1) is 0 Å². The number of carboxylic acids is 1. The van der Waals surface area contributed by atoms with E-state index in [-0.39, 0.29) is 18.7 Å². The van der Waals surface area contributed by atoms with Crippen LogP contribution in [0, 0.1) is 0 Å². The zero-order valence-electron chi connectivity index (χ0n) is 4.96. The van der Waals surface area contributed by atoms with E-state index in [2.05, 4.69) is 0 Å². The number of carbonyl (C=O) groups excluding carboxylic acids is 1. The van der Waals surface area contributed by atoms with Gasteiger partial charge >= 0.3 is 5.97 Å². The maximum Gasteiger partial charge on any atom is 0.310 e. The lowest BCUT2D eigenvalue weighted by molar-refractivity contribution is -0.140. The van der Waals surface area contributed by atoms with E-state index in [0.29, 0.717) is 0 Å². The fourth-order valence-electron chi connectivity index (χ4n) is 0.418. The van der Waals surface area contributed by atoms with E-state index in [9.17, 15) is 9.59 Å². The molecule has 0 radical (unpaired) electrons. The standard InChI is InChI=1S/C5H9NO3/c6-2-1-4(7)3-5(8)9/h1-3,6H2,(H,8,9). The van der Waals surface area contributed by atoms with Crippen LogP contribution in [0.15, 0.2) is 0 Å². The Morgan fingerprint density at radius 2 is 2.00 bits per heavy atom. The molecular weight excluding hydrogens is 122 g/mol. The molecule has 0 aliphatic heterocycles. The molecule has 3 N–H and O–H groups in total. The highest BCUT2D eigenvalue weighted by Gasteiger charge is 2.04. The van der Waals surface area contributed by atoms with Crippen LogP contribution in [0.25, 0.3) is 0 Å². The first-order valence-corrected chi connectivity index (χ1v) is 2.60. The summed E-state index contributed by atoms with van der Waals surface area (Å²) in [6.45, 7) is 0.228. The van der Waals surface area contributed by atoms with Crippen LogP contribution >= 0.6 is 0 Å². The van der Waals surface area contributed by atoms with Gasteiger partial charge in [-0.1, -0.05) is 0 Å². The molecular formula is C5H9NO3. The van der Waals surface area contributed by atoms with Crippen molar-refractivity contribution in [2.45, 2.75) is 12.8 Å². The molecule has 9 heavy (non-hydrogen) atoms. The Morgan fingerprint density at radius 1 is 1.44 bits per heavy atom. The number of nitrogens with two attached hydrogens (primary N) is 1. The third kappa shape index (κ3) is 4.96. The molecule has 0 aliphatic rings. The summed E-state index contributed by atoms with van der Waals surface area (Å²) in [5.74, 6) is -1.40. The Kier molecular flexibility index (Phi) is 3.62. The number of carboxylic acid groups (broad SMARTS) is 1. The van der Waals surface area contributed by atoms with E-state index in [1.165, 1.54) is 0 Å². The fraction of sp³-hybridized carbons (Fsp3) is 0.600. The summed E-state index contributed by atoms with van der Waals surface area (Å²) < 4.78 is 0. The number of hydrogen-bond acceptors (Lipinski definition) is 3. The van der Waals surface area contributed by atoms with Crippen molar-refractivity contribution >= 4 is 11.8 Å². The second-order valence-corrected chi connectivity index (χ2v) is 1.65. The van der Waals surface area contributed by atoms with E-state index in [4.69, 9.17) is 10.8 Å². The third-order valence-corrected chi connectivity index (χ3v) is 0.772. The second kappa shape index (κ2) is 4.03. The highest BCUT2D eigenvalue weighted by Crippen LogP contribution is 1.86. The highest BCUT2D eigenvalue weighted by atomic mass is 16.4. The maximum atomic E-state index is 10.4. The number of ketones is 1. The smallest absolute Gasteiger partial charge is 0.310 e. The predicted octanol–water partition coefficient (Wildman–Crippen LogP) is -0.621. The summed E-state index contributed by atoms with van der Waals surface area (Å²) in [7, 11) is 0. The van der Waals surface area contributed by atoms with Gasteiger partial charge in [-0.05, 0) is 6.54 Å². The number of Topliss-reactive ketones (excluding diaryl/α,β-unsaturated/α-hetero) is 1. The lowest BCUT2D eigenvalue weighted by atomic mass is 10.2. The molecule has 4 nitrogen and oxygen atoms in total. The molecule has 0 unspecified atom stereocenters. The first-order chi connectivity index (χ1) is 4.16. The number of carbonyl (C=O) groups is 2. The number of hydrogen-bond donors (Lipinski definition) is 2. The normalized spacial score (nSPS) is 9.00. The van der Waals surface area contributed by atoms with E-state index >= 15 is 0 Å².